The molecule has 0 spiro atoms. The molecule has 6 nitrogen and oxygen atoms in total. The highest BCUT2D eigenvalue weighted by atomic mass is 32.2. The molecule has 2 aromatic rings. The molecule has 1 aliphatic heterocycles. The van der Waals surface area contributed by atoms with Crippen LogP contribution < -0.4 is 5.32 Å². The molecule has 1 aromatic heterocycles. The number of nitrogens with zero attached hydrogens (tertiary/aromatic N) is 2. The van der Waals surface area contributed by atoms with E-state index in [1.165, 1.54) is 0 Å². The average molecular weight is 371 g/mol. The fourth-order valence-corrected chi connectivity index (χ4v) is 5.36. The number of carbonyl (C=O) groups is 1. The summed E-state index contributed by atoms with van der Waals surface area (Å²) in [6.45, 7) is 2.91. The Morgan fingerprint density at radius 2 is 1.92 bits per heavy atom. The third-order valence-corrected chi connectivity index (χ3v) is 7.25. The Morgan fingerprint density at radius 1 is 1.15 bits per heavy atom. The zero-order valence-corrected chi connectivity index (χ0v) is 15.3. The number of aryl methyl sites for hydroxylation is 1. The molecular formula is C19H21N3O3S. The van der Waals surface area contributed by atoms with E-state index in [0.29, 0.717) is 29.6 Å². The van der Waals surface area contributed by atoms with Crippen molar-refractivity contribution in [2.45, 2.75) is 24.3 Å². The monoisotopic (exact) mass is 371 g/mol. The van der Waals surface area contributed by atoms with Crippen molar-refractivity contribution in [3.63, 3.8) is 0 Å². The second-order valence-corrected chi connectivity index (χ2v) is 9.03. The molecule has 1 N–H and O–H groups in total. The van der Waals surface area contributed by atoms with Gasteiger partial charge >= 0.3 is 0 Å². The smallest absolute Gasteiger partial charge is 0.270 e. The van der Waals surface area contributed by atoms with Crippen LogP contribution in [0.1, 0.15) is 22.5 Å². The first-order valence-corrected chi connectivity index (χ1v) is 10.2. The van der Waals surface area contributed by atoms with Crippen molar-refractivity contribution in [3.05, 3.63) is 59.9 Å². The van der Waals surface area contributed by atoms with E-state index in [2.05, 4.69) is 10.3 Å². The maximum absolute atomic E-state index is 12.8. The first-order chi connectivity index (χ1) is 12.4. The summed E-state index contributed by atoms with van der Waals surface area (Å²) in [5.74, 6) is 0.279. The van der Waals surface area contributed by atoms with Gasteiger partial charge < -0.3 is 5.32 Å². The van der Waals surface area contributed by atoms with E-state index in [0.717, 1.165) is 12.0 Å². The SMILES string of the molecule is Cc1ccc(S(=O)(=O)N2C[C@H]3C[C@H](NC(=O)c4ccccn4)[C@H]3C2)cc1. The average Bonchev–Trinajstić information content (AvgIpc) is 2.98. The summed E-state index contributed by atoms with van der Waals surface area (Å²) in [4.78, 5) is 16.7. The summed E-state index contributed by atoms with van der Waals surface area (Å²) in [6.07, 6.45) is 2.40. The number of fused-ring (bicyclic) bond motifs is 1. The van der Waals surface area contributed by atoms with Gasteiger partial charge in [-0.05, 0) is 49.4 Å². The van der Waals surface area contributed by atoms with Crippen molar-refractivity contribution < 1.29 is 13.2 Å². The topological polar surface area (TPSA) is 79.4 Å². The van der Waals surface area contributed by atoms with Crippen LogP contribution in [-0.4, -0.2) is 42.7 Å². The van der Waals surface area contributed by atoms with E-state index >= 15 is 0 Å². The van der Waals surface area contributed by atoms with Gasteiger partial charge in [0.25, 0.3) is 5.91 Å². The molecule has 0 unspecified atom stereocenters. The van der Waals surface area contributed by atoms with Gasteiger partial charge in [0.1, 0.15) is 5.69 Å². The van der Waals surface area contributed by atoms with Crippen molar-refractivity contribution >= 4 is 15.9 Å². The number of hydrogen-bond acceptors (Lipinski definition) is 4. The largest absolute Gasteiger partial charge is 0.348 e. The molecule has 2 heterocycles. The van der Waals surface area contributed by atoms with E-state index in [1.54, 1.807) is 40.8 Å². The van der Waals surface area contributed by atoms with Crippen LogP contribution in [0.15, 0.2) is 53.6 Å². The number of pyridine rings is 1. The van der Waals surface area contributed by atoms with Crippen molar-refractivity contribution in [1.82, 2.24) is 14.6 Å². The van der Waals surface area contributed by atoms with Crippen LogP contribution in [-0.2, 0) is 10.0 Å². The highest BCUT2D eigenvalue weighted by molar-refractivity contribution is 7.89. The van der Waals surface area contributed by atoms with Gasteiger partial charge in [0.2, 0.25) is 10.0 Å². The molecule has 1 aromatic carbocycles. The van der Waals surface area contributed by atoms with E-state index in [-0.39, 0.29) is 17.9 Å². The minimum atomic E-state index is -3.48. The summed E-state index contributed by atoms with van der Waals surface area (Å²) >= 11 is 0. The molecular weight excluding hydrogens is 350 g/mol. The van der Waals surface area contributed by atoms with Gasteiger partial charge in [-0.25, -0.2) is 8.42 Å². The standard InChI is InChI=1S/C19H21N3O3S/c1-13-5-7-15(8-6-13)26(24,25)22-11-14-10-18(16(14)12-22)21-19(23)17-4-2-3-9-20-17/h2-9,14,16,18H,10-12H2,1H3,(H,21,23)/t14-,16+,18+/m1/s1. The van der Waals surface area contributed by atoms with Gasteiger partial charge in [-0.15, -0.1) is 0 Å². The lowest BCUT2D eigenvalue weighted by molar-refractivity contribution is 0.0827. The minimum Gasteiger partial charge on any atom is -0.348 e. The summed E-state index contributed by atoms with van der Waals surface area (Å²) in [5.41, 5.74) is 1.42. The second kappa shape index (κ2) is 6.48. The molecule has 3 atom stereocenters. The van der Waals surface area contributed by atoms with Crippen molar-refractivity contribution in [1.29, 1.82) is 0 Å². The zero-order valence-electron chi connectivity index (χ0n) is 14.5. The van der Waals surface area contributed by atoms with E-state index < -0.39 is 10.0 Å². The third kappa shape index (κ3) is 3.01. The van der Waals surface area contributed by atoms with Gasteiger partial charge in [-0.2, -0.15) is 4.31 Å². The molecule has 1 saturated carbocycles. The molecule has 1 aliphatic carbocycles. The highest BCUT2D eigenvalue weighted by Gasteiger charge is 2.50. The Kier molecular flexibility index (Phi) is 4.28. The number of benzene rings is 1. The van der Waals surface area contributed by atoms with Gasteiger partial charge in [-0.1, -0.05) is 23.8 Å². The highest BCUT2D eigenvalue weighted by Crippen LogP contribution is 2.42. The van der Waals surface area contributed by atoms with Crippen LogP contribution in [0.2, 0.25) is 0 Å². The Hall–Kier alpha value is -2.25. The van der Waals surface area contributed by atoms with Crippen LogP contribution in [0, 0.1) is 18.8 Å². The third-order valence-electron chi connectivity index (χ3n) is 5.40. The van der Waals surface area contributed by atoms with Gasteiger partial charge in [0, 0.05) is 25.3 Å². The lowest BCUT2D eigenvalue weighted by Gasteiger charge is -2.39. The molecule has 136 valence electrons. The fraction of sp³-hybridized carbons (Fsp3) is 0.368. The van der Waals surface area contributed by atoms with E-state index in [1.807, 2.05) is 19.1 Å². The summed E-state index contributed by atoms with van der Waals surface area (Å²) in [5, 5.41) is 3.00. The molecule has 1 saturated heterocycles. The number of amides is 1. The maximum atomic E-state index is 12.8. The molecule has 4 rings (SSSR count). The first kappa shape index (κ1) is 17.2. The quantitative estimate of drug-likeness (QED) is 0.889. The normalized spacial score (nSPS) is 25.3. The Labute approximate surface area is 153 Å². The predicted molar refractivity (Wildman–Crippen MR) is 97.0 cm³/mol. The van der Waals surface area contributed by atoms with Gasteiger partial charge in [-0.3, -0.25) is 9.78 Å². The lowest BCUT2D eigenvalue weighted by Crippen LogP contribution is -2.52. The Bertz CT molecular complexity index is 913. The molecule has 2 fully saturated rings. The number of aromatic nitrogens is 1. The Morgan fingerprint density at radius 3 is 2.62 bits per heavy atom. The summed E-state index contributed by atoms with van der Waals surface area (Å²) < 4.78 is 27.2. The molecule has 7 heteroatoms. The number of sulfonamides is 1. The minimum absolute atomic E-state index is 0.00715. The lowest BCUT2D eigenvalue weighted by atomic mass is 9.71. The van der Waals surface area contributed by atoms with Crippen LogP contribution in [0.3, 0.4) is 0 Å². The second-order valence-electron chi connectivity index (χ2n) is 7.09. The molecule has 0 bridgehead atoms. The summed E-state index contributed by atoms with van der Waals surface area (Å²) in [7, 11) is -3.48. The fourth-order valence-electron chi connectivity index (χ4n) is 3.83. The number of carbonyl (C=O) groups excluding carboxylic acids is 1. The molecule has 26 heavy (non-hydrogen) atoms. The first-order valence-electron chi connectivity index (χ1n) is 8.74. The van der Waals surface area contributed by atoms with Crippen LogP contribution >= 0.6 is 0 Å². The summed E-state index contributed by atoms with van der Waals surface area (Å²) in [6, 6.07) is 12.2. The van der Waals surface area contributed by atoms with E-state index in [9.17, 15) is 13.2 Å². The molecule has 0 radical (unpaired) electrons. The molecule has 2 aliphatic rings. The van der Waals surface area contributed by atoms with E-state index in [4.69, 9.17) is 0 Å². The van der Waals surface area contributed by atoms with Crippen molar-refractivity contribution in [2.75, 3.05) is 13.1 Å². The Balaban J connectivity index is 1.42. The number of hydrogen-bond donors (Lipinski definition) is 1. The number of rotatable bonds is 4. The zero-order chi connectivity index (χ0) is 18.3. The molecule has 1 amide bonds. The van der Waals surface area contributed by atoms with Crippen molar-refractivity contribution in [3.8, 4) is 0 Å². The van der Waals surface area contributed by atoms with Crippen LogP contribution in [0.4, 0.5) is 0 Å². The van der Waals surface area contributed by atoms with Gasteiger partial charge in [0.05, 0.1) is 4.90 Å². The van der Waals surface area contributed by atoms with Crippen molar-refractivity contribution in [2.24, 2.45) is 11.8 Å². The van der Waals surface area contributed by atoms with Crippen LogP contribution in [0.25, 0.3) is 0 Å². The predicted octanol–water partition coefficient (Wildman–Crippen LogP) is 1.83. The number of nitrogens with one attached hydrogen (secondary N) is 1. The maximum Gasteiger partial charge on any atom is 0.270 e. The van der Waals surface area contributed by atoms with Gasteiger partial charge in [0.15, 0.2) is 0 Å². The van der Waals surface area contributed by atoms with Crippen LogP contribution in [0.5, 0.6) is 0 Å².